The van der Waals surface area contributed by atoms with Crippen LogP contribution in [0.5, 0.6) is 0 Å². The second-order valence-corrected chi connectivity index (χ2v) is 8.26. The van der Waals surface area contributed by atoms with Crippen molar-refractivity contribution in [1.82, 2.24) is 9.62 Å². The van der Waals surface area contributed by atoms with Crippen LogP contribution in [0.25, 0.3) is 0 Å². The standard InChI is InChI=1S/C19H24N2O3S/c1-5-18(17-12-7-6-9-14(17)2)20-19(22)15-10-8-11-16(13-15)25(23,24)21(3)4/h6-13,18H,5H2,1-4H3,(H,20,22). The average Bonchev–Trinajstić information content (AvgIpc) is 2.60. The van der Waals surface area contributed by atoms with Gasteiger partial charge in [0, 0.05) is 19.7 Å². The number of benzene rings is 2. The van der Waals surface area contributed by atoms with Gasteiger partial charge in [0.25, 0.3) is 5.91 Å². The van der Waals surface area contributed by atoms with E-state index in [1.807, 2.05) is 38.1 Å². The van der Waals surface area contributed by atoms with E-state index in [0.29, 0.717) is 5.56 Å². The van der Waals surface area contributed by atoms with Crippen LogP contribution in [-0.4, -0.2) is 32.7 Å². The molecule has 0 heterocycles. The topological polar surface area (TPSA) is 66.5 Å². The number of hydrogen-bond donors (Lipinski definition) is 1. The van der Waals surface area contributed by atoms with Crippen LogP contribution in [0.2, 0.25) is 0 Å². The molecule has 0 aromatic heterocycles. The lowest BCUT2D eigenvalue weighted by atomic mass is 9.99. The van der Waals surface area contributed by atoms with E-state index in [-0.39, 0.29) is 16.8 Å². The highest BCUT2D eigenvalue weighted by molar-refractivity contribution is 7.89. The number of aryl methyl sites for hydroxylation is 1. The lowest BCUT2D eigenvalue weighted by molar-refractivity contribution is 0.0935. The first-order chi connectivity index (χ1) is 11.8. The monoisotopic (exact) mass is 360 g/mol. The van der Waals surface area contributed by atoms with Crippen LogP contribution in [0.15, 0.2) is 53.4 Å². The fourth-order valence-electron chi connectivity index (χ4n) is 2.63. The number of rotatable bonds is 6. The van der Waals surface area contributed by atoms with E-state index in [4.69, 9.17) is 0 Å². The number of nitrogens with one attached hydrogen (secondary N) is 1. The van der Waals surface area contributed by atoms with Gasteiger partial charge in [0.2, 0.25) is 10.0 Å². The van der Waals surface area contributed by atoms with Gasteiger partial charge < -0.3 is 5.32 Å². The highest BCUT2D eigenvalue weighted by Crippen LogP contribution is 2.21. The molecule has 1 unspecified atom stereocenters. The molecule has 6 heteroatoms. The number of nitrogens with zero attached hydrogens (tertiary/aromatic N) is 1. The summed E-state index contributed by atoms with van der Waals surface area (Å²) < 4.78 is 25.6. The highest BCUT2D eigenvalue weighted by atomic mass is 32.2. The molecule has 0 bridgehead atoms. The van der Waals surface area contributed by atoms with Gasteiger partial charge in [-0.05, 0) is 42.7 Å². The molecule has 0 saturated carbocycles. The van der Waals surface area contributed by atoms with Crippen LogP contribution in [0.4, 0.5) is 0 Å². The van der Waals surface area contributed by atoms with Gasteiger partial charge in [-0.15, -0.1) is 0 Å². The number of hydrogen-bond acceptors (Lipinski definition) is 3. The zero-order valence-electron chi connectivity index (χ0n) is 15.0. The molecule has 1 atom stereocenters. The van der Waals surface area contributed by atoms with Crippen LogP contribution in [0.3, 0.4) is 0 Å². The number of sulfonamides is 1. The van der Waals surface area contributed by atoms with Crippen LogP contribution >= 0.6 is 0 Å². The van der Waals surface area contributed by atoms with Gasteiger partial charge in [0.05, 0.1) is 10.9 Å². The Bertz CT molecular complexity index is 860. The Balaban J connectivity index is 2.28. The summed E-state index contributed by atoms with van der Waals surface area (Å²) in [5, 5.41) is 3.00. The van der Waals surface area contributed by atoms with E-state index in [1.54, 1.807) is 12.1 Å². The van der Waals surface area contributed by atoms with Gasteiger partial charge in [0.15, 0.2) is 0 Å². The van der Waals surface area contributed by atoms with Crippen molar-refractivity contribution in [3.8, 4) is 0 Å². The van der Waals surface area contributed by atoms with E-state index in [9.17, 15) is 13.2 Å². The van der Waals surface area contributed by atoms with Crippen molar-refractivity contribution in [2.45, 2.75) is 31.2 Å². The molecular formula is C19H24N2O3S. The van der Waals surface area contributed by atoms with Crippen LogP contribution < -0.4 is 5.32 Å². The Labute approximate surface area is 149 Å². The second kappa shape index (κ2) is 7.80. The summed E-state index contributed by atoms with van der Waals surface area (Å²) in [6, 6.07) is 13.9. The van der Waals surface area contributed by atoms with Gasteiger partial charge in [-0.3, -0.25) is 4.79 Å². The predicted octanol–water partition coefficient (Wildman–Crippen LogP) is 3.13. The lowest BCUT2D eigenvalue weighted by Gasteiger charge is -2.20. The third kappa shape index (κ3) is 4.27. The fraction of sp³-hybridized carbons (Fsp3) is 0.316. The van der Waals surface area contributed by atoms with Crippen molar-refractivity contribution in [2.24, 2.45) is 0 Å². The van der Waals surface area contributed by atoms with Crippen molar-refractivity contribution in [3.05, 3.63) is 65.2 Å². The molecule has 0 fully saturated rings. The third-order valence-corrected chi connectivity index (χ3v) is 5.96. The number of amides is 1. The van der Waals surface area contributed by atoms with Gasteiger partial charge >= 0.3 is 0 Å². The molecule has 0 spiro atoms. The van der Waals surface area contributed by atoms with Crippen LogP contribution in [0, 0.1) is 6.92 Å². The minimum absolute atomic E-state index is 0.106. The second-order valence-electron chi connectivity index (χ2n) is 6.11. The van der Waals surface area contributed by atoms with Crippen LogP contribution in [-0.2, 0) is 10.0 Å². The zero-order chi connectivity index (χ0) is 18.6. The first kappa shape index (κ1) is 19.1. The summed E-state index contributed by atoms with van der Waals surface area (Å²) in [6.07, 6.45) is 0.742. The van der Waals surface area contributed by atoms with Gasteiger partial charge in [0.1, 0.15) is 0 Å². The van der Waals surface area contributed by atoms with Crippen molar-refractivity contribution in [2.75, 3.05) is 14.1 Å². The maximum absolute atomic E-state index is 12.6. The number of carbonyl (C=O) groups excluding carboxylic acids is 1. The van der Waals surface area contributed by atoms with Crippen molar-refractivity contribution >= 4 is 15.9 Å². The molecule has 0 radical (unpaired) electrons. The van der Waals surface area contributed by atoms with E-state index in [1.165, 1.54) is 26.2 Å². The average molecular weight is 360 g/mol. The van der Waals surface area contributed by atoms with E-state index in [2.05, 4.69) is 5.32 Å². The predicted molar refractivity (Wildman–Crippen MR) is 99.0 cm³/mol. The van der Waals surface area contributed by atoms with Gasteiger partial charge in [-0.1, -0.05) is 37.3 Å². The maximum atomic E-state index is 12.6. The molecular weight excluding hydrogens is 336 g/mol. The SMILES string of the molecule is CCC(NC(=O)c1cccc(S(=O)(=O)N(C)C)c1)c1ccccc1C. The fourth-order valence-corrected chi connectivity index (χ4v) is 3.58. The Kier molecular flexibility index (Phi) is 5.98. The van der Waals surface area contributed by atoms with Gasteiger partial charge in [-0.2, -0.15) is 0 Å². The molecule has 1 amide bonds. The molecule has 0 aliphatic heterocycles. The first-order valence-electron chi connectivity index (χ1n) is 8.16. The molecule has 25 heavy (non-hydrogen) atoms. The van der Waals surface area contributed by atoms with Crippen molar-refractivity contribution in [1.29, 1.82) is 0 Å². The maximum Gasteiger partial charge on any atom is 0.251 e. The molecule has 2 rings (SSSR count). The summed E-state index contributed by atoms with van der Waals surface area (Å²) in [5.74, 6) is -0.286. The molecule has 2 aromatic carbocycles. The largest absolute Gasteiger partial charge is 0.345 e. The normalized spacial score (nSPS) is 12.8. The summed E-state index contributed by atoms with van der Waals surface area (Å²) in [6.45, 7) is 4.01. The third-order valence-electron chi connectivity index (χ3n) is 4.15. The minimum Gasteiger partial charge on any atom is -0.345 e. The van der Waals surface area contributed by atoms with Crippen molar-refractivity contribution < 1.29 is 13.2 Å². The molecule has 134 valence electrons. The van der Waals surface area contributed by atoms with E-state index < -0.39 is 10.0 Å². The molecule has 2 aromatic rings. The smallest absolute Gasteiger partial charge is 0.251 e. The molecule has 1 N–H and O–H groups in total. The van der Waals surface area contributed by atoms with E-state index >= 15 is 0 Å². The van der Waals surface area contributed by atoms with Gasteiger partial charge in [-0.25, -0.2) is 12.7 Å². The van der Waals surface area contributed by atoms with Crippen LogP contribution in [0.1, 0.15) is 40.9 Å². The van der Waals surface area contributed by atoms with E-state index in [0.717, 1.165) is 21.9 Å². The summed E-state index contributed by atoms with van der Waals surface area (Å²) >= 11 is 0. The Morgan fingerprint density at radius 2 is 1.80 bits per heavy atom. The summed E-state index contributed by atoms with van der Waals surface area (Å²) in [4.78, 5) is 12.7. The quantitative estimate of drug-likeness (QED) is 0.861. The zero-order valence-corrected chi connectivity index (χ0v) is 15.8. The lowest BCUT2D eigenvalue weighted by Crippen LogP contribution is -2.29. The molecule has 5 nitrogen and oxygen atoms in total. The summed E-state index contributed by atoms with van der Waals surface area (Å²) in [7, 11) is -0.641. The Hall–Kier alpha value is -2.18. The van der Waals surface area contributed by atoms with Crippen molar-refractivity contribution in [3.63, 3.8) is 0 Å². The minimum atomic E-state index is -3.57. The first-order valence-corrected chi connectivity index (χ1v) is 9.60. The summed E-state index contributed by atoms with van der Waals surface area (Å²) in [5.41, 5.74) is 2.50. The molecule has 0 saturated heterocycles. The molecule has 0 aliphatic rings. The highest BCUT2D eigenvalue weighted by Gasteiger charge is 2.20. The Morgan fingerprint density at radius 3 is 2.40 bits per heavy atom. The molecule has 0 aliphatic carbocycles. The number of carbonyl (C=O) groups is 1. The Morgan fingerprint density at radius 1 is 1.12 bits per heavy atom.